The van der Waals surface area contributed by atoms with Crippen molar-refractivity contribution in [2.75, 3.05) is 31.8 Å². The van der Waals surface area contributed by atoms with E-state index in [4.69, 9.17) is 10.5 Å². The van der Waals surface area contributed by atoms with Crippen molar-refractivity contribution < 1.29 is 4.74 Å². The summed E-state index contributed by atoms with van der Waals surface area (Å²) in [6, 6.07) is 9.96. The van der Waals surface area contributed by atoms with Crippen LogP contribution < -0.4 is 15.4 Å². The van der Waals surface area contributed by atoms with Crippen molar-refractivity contribution in [3.8, 4) is 5.88 Å². The molecule has 104 valence electrons. The summed E-state index contributed by atoms with van der Waals surface area (Å²) in [6.45, 7) is 0. The summed E-state index contributed by atoms with van der Waals surface area (Å²) in [6.07, 6.45) is 3.85. The summed E-state index contributed by atoms with van der Waals surface area (Å²) in [5, 5.41) is 0. The molecule has 0 fully saturated rings. The molecule has 2 rings (SSSR count). The highest BCUT2D eigenvalue weighted by Gasteiger charge is 1.99. The summed E-state index contributed by atoms with van der Waals surface area (Å²) in [5.41, 5.74) is 8.58. The molecule has 0 spiro atoms. The Kier molecular flexibility index (Phi) is 4.20. The maximum atomic E-state index is 5.62. The predicted molar refractivity (Wildman–Crippen MR) is 82.7 cm³/mol. The molecule has 0 aliphatic heterocycles. The molecule has 0 saturated carbocycles. The lowest BCUT2D eigenvalue weighted by molar-refractivity contribution is 0.397. The van der Waals surface area contributed by atoms with Gasteiger partial charge in [-0.3, -0.25) is 0 Å². The van der Waals surface area contributed by atoms with Gasteiger partial charge in [-0.1, -0.05) is 18.2 Å². The highest BCUT2D eigenvalue weighted by Crippen LogP contribution is 2.16. The number of benzene rings is 1. The third-order valence-corrected chi connectivity index (χ3v) is 2.80. The molecular formula is C15H18N4O. The minimum Gasteiger partial charge on any atom is -0.481 e. The molecule has 20 heavy (non-hydrogen) atoms. The quantitative estimate of drug-likeness (QED) is 0.923. The Labute approximate surface area is 118 Å². The average Bonchev–Trinajstić information content (AvgIpc) is 2.45. The van der Waals surface area contributed by atoms with Crippen molar-refractivity contribution in [2.24, 2.45) is 0 Å². The van der Waals surface area contributed by atoms with Gasteiger partial charge in [0.1, 0.15) is 0 Å². The third kappa shape index (κ3) is 3.47. The lowest BCUT2D eigenvalue weighted by Crippen LogP contribution is -2.07. The van der Waals surface area contributed by atoms with Crippen molar-refractivity contribution in [1.29, 1.82) is 0 Å². The third-order valence-electron chi connectivity index (χ3n) is 2.80. The fraction of sp³-hybridized carbons (Fsp3) is 0.200. The zero-order valence-corrected chi connectivity index (χ0v) is 11.9. The van der Waals surface area contributed by atoms with Crippen molar-refractivity contribution in [2.45, 2.75) is 0 Å². The molecule has 0 aliphatic rings. The Morgan fingerprint density at radius 1 is 1.10 bits per heavy atom. The van der Waals surface area contributed by atoms with Gasteiger partial charge in [-0.2, -0.15) is 4.98 Å². The first kappa shape index (κ1) is 13.9. The average molecular weight is 270 g/mol. The van der Waals surface area contributed by atoms with Crippen molar-refractivity contribution in [3.05, 3.63) is 41.6 Å². The van der Waals surface area contributed by atoms with E-state index >= 15 is 0 Å². The predicted octanol–water partition coefficient (Wildman–Crippen LogP) is 2.30. The standard InChI is InChI=1S/C15H18N4O/c1-19(2)13-8-5-11(6-9-13)4-7-12-10-14(20-3)18-15(16)17-12/h4-10H,1-3H3,(H2,16,17,18)/b7-4+. The van der Waals surface area contributed by atoms with Crippen LogP contribution in [0.2, 0.25) is 0 Å². The summed E-state index contributed by atoms with van der Waals surface area (Å²) >= 11 is 0. The number of hydrogen-bond donors (Lipinski definition) is 1. The van der Waals surface area contributed by atoms with Gasteiger partial charge < -0.3 is 15.4 Å². The first-order chi connectivity index (χ1) is 9.58. The molecule has 0 amide bonds. The lowest BCUT2D eigenvalue weighted by atomic mass is 10.2. The molecule has 0 unspecified atom stereocenters. The van der Waals surface area contributed by atoms with Crippen LogP contribution in [0.15, 0.2) is 30.3 Å². The van der Waals surface area contributed by atoms with E-state index in [-0.39, 0.29) is 5.95 Å². The number of rotatable bonds is 4. The Balaban J connectivity index is 2.18. The summed E-state index contributed by atoms with van der Waals surface area (Å²) in [7, 11) is 5.58. The van der Waals surface area contributed by atoms with E-state index in [1.165, 1.54) is 0 Å². The van der Waals surface area contributed by atoms with Crippen LogP contribution in [0.25, 0.3) is 12.2 Å². The number of aromatic nitrogens is 2. The minimum atomic E-state index is 0.201. The largest absolute Gasteiger partial charge is 0.481 e. The van der Waals surface area contributed by atoms with E-state index in [9.17, 15) is 0 Å². The van der Waals surface area contributed by atoms with Crippen LogP contribution in [-0.4, -0.2) is 31.2 Å². The number of nitrogens with zero attached hydrogens (tertiary/aromatic N) is 3. The van der Waals surface area contributed by atoms with Crippen LogP contribution in [0.5, 0.6) is 5.88 Å². The Bertz CT molecular complexity index is 606. The van der Waals surface area contributed by atoms with Crippen LogP contribution in [0, 0.1) is 0 Å². The molecule has 0 radical (unpaired) electrons. The van der Waals surface area contributed by atoms with Gasteiger partial charge in [-0.25, -0.2) is 4.98 Å². The fourth-order valence-corrected chi connectivity index (χ4v) is 1.72. The van der Waals surface area contributed by atoms with Gasteiger partial charge in [0.05, 0.1) is 12.8 Å². The maximum Gasteiger partial charge on any atom is 0.223 e. The zero-order chi connectivity index (χ0) is 14.5. The van der Waals surface area contributed by atoms with Crippen LogP contribution in [0.3, 0.4) is 0 Å². The van der Waals surface area contributed by atoms with Crippen LogP contribution in [0.4, 0.5) is 11.6 Å². The van der Waals surface area contributed by atoms with E-state index in [0.29, 0.717) is 11.6 Å². The van der Waals surface area contributed by atoms with Crippen molar-refractivity contribution in [3.63, 3.8) is 0 Å². The van der Waals surface area contributed by atoms with E-state index in [0.717, 1.165) is 11.3 Å². The number of hydrogen-bond acceptors (Lipinski definition) is 5. The summed E-state index contributed by atoms with van der Waals surface area (Å²) in [5.74, 6) is 0.659. The number of nitrogen functional groups attached to an aromatic ring is 1. The monoisotopic (exact) mass is 270 g/mol. The topological polar surface area (TPSA) is 64.3 Å². The van der Waals surface area contributed by atoms with Gasteiger partial charge in [0.2, 0.25) is 11.8 Å². The molecule has 1 heterocycles. The zero-order valence-electron chi connectivity index (χ0n) is 11.9. The van der Waals surface area contributed by atoms with Gasteiger partial charge in [0, 0.05) is 25.8 Å². The molecule has 0 bridgehead atoms. The van der Waals surface area contributed by atoms with Gasteiger partial charge in [0.15, 0.2) is 0 Å². The van der Waals surface area contributed by atoms with Crippen LogP contribution >= 0.6 is 0 Å². The molecule has 0 saturated heterocycles. The first-order valence-electron chi connectivity index (χ1n) is 6.22. The summed E-state index contributed by atoms with van der Waals surface area (Å²) in [4.78, 5) is 10.1. The molecule has 1 aromatic carbocycles. The van der Waals surface area contributed by atoms with Gasteiger partial charge in [-0.15, -0.1) is 0 Å². The lowest BCUT2D eigenvalue weighted by Gasteiger charge is -2.11. The molecule has 1 aromatic heterocycles. The molecule has 5 heteroatoms. The molecule has 2 N–H and O–H groups in total. The molecule has 5 nitrogen and oxygen atoms in total. The van der Waals surface area contributed by atoms with Gasteiger partial charge >= 0.3 is 0 Å². The number of methoxy groups -OCH3 is 1. The van der Waals surface area contributed by atoms with E-state index < -0.39 is 0 Å². The Hall–Kier alpha value is -2.56. The second-order valence-electron chi connectivity index (χ2n) is 4.51. The van der Waals surface area contributed by atoms with Gasteiger partial charge in [-0.05, 0) is 23.8 Å². The fourth-order valence-electron chi connectivity index (χ4n) is 1.72. The Morgan fingerprint density at radius 2 is 1.80 bits per heavy atom. The van der Waals surface area contributed by atoms with E-state index in [1.54, 1.807) is 13.2 Å². The number of anilines is 2. The number of nitrogens with two attached hydrogens (primary N) is 1. The molecule has 2 aromatic rings. The molecular weight excluding hydrogens is 252 g/mol. The van der Waals surface area contributed by atoms with Crippen LogP contribution in [0.1, 0.15) is 11.3 Å². The molecule has 0 atom stereocenters. The second-order valence-corrected chi connectivity index (χ2v) is 4.51. The summed E-state index contributed by atoms with van der Waals surface area (Å²) < 4.78 is 5.06. The van der Waals surface area contributed by atoms with Gasteiger partial charge in [0.25, 0.3) is 0 Å². The normalized spacial score (nSPS) is 10.8. The van der Waals surface area contributed by atoms with Crippen LogP contribution in [-0.2, 0) is 0 Å². The van der Waals surface area contributed by atoms with E-state index in [2.05, 4.69) is 27.0 Å². The maximum absolute atomic E-state index is 5.62. The van der Waals surface area contributed by atoms with E-state index in [1.807, 2.05) is 38.4 Å². The first-order valence-corrected chi connectivity index (χ1v) is 6.22. The smallest absolute Gasteiger partial charge is 0.223 e. The number of ether oxygens (including phenoxy) is 1. The molecule has 0 aliphatic carbocycles. The highest BCUT2D eigenvalue weighted by atomic mass is 16.5. The minimum absolute atomic E-state index is 0.201. The SMILES string of the molecule is COc1cc(/C=C/c2ccc(N(C)C)cc2)nc(N)n1. The Morgan fingerprint density at radius 3 is 2.40 bits per heavy atom. The second kappa shape index (κ2) is 6.06. The highest BCUT2D eigenvalue weighted by molar-refractivity contribution is 5.69. The van der Waals surface area contributed by atoms with Crippen molar-refractivity contribution >= 4 is 23.8 Å². The van der Waals surface area contributed by atoms with Crippen molar-refractivity contribution in [1.82, 2.24) is 9.97 Å².